The molecule has 0 bridgehead atoms. The second kappa shape index (κ2) is 2.49. The molecule has 0 aliphatic carbocycles. The molecular formula is C7H5N4. The van der Waals surface area contributed by atoms with Gasteiger partial charge in [-0.2, -0.15) is 0 Å². The number of aromatic nitrogens is 4. The summed E-state index contributed by atoms with van der Waals surface area (Å²) in [5, 5.41) is 7.32. The van der Waals surface area contributed by atoms with Crippen molar-refractivity contribution in [1.29, 1.82) is 0 Å². The van der Waals surface area contributed by atoms with E-state index < -0.39 is 0 Å². The van der Waals surface area contributed by atoms with Gasteiger partial charge in [0.15, 0.2) is 0 Å². The second-order valence-corrected chi connectivity index (χ2v) is 1.99. The summed E-state index contributed by atoms with van der Waals surface area (Å²) in [5.74, 6) is 0.775. The van der Waals surface area contributed by atoms with E-state index in [0.717, 1.165) is 5.82 Å². The Morgan fingerprint density at radius 3 is 2.73 bits per heavy atom. The van der Waals surface area contributed by atoms with Crippen LogP contribution in [-0.2, 0) is 0 Å². The van der Waals surface area contributed by atoms with Gasteiger partial charge in [0.25, 0.3) is 0 Å². The van der Waals surface area contributed by atoms with Gasteiger partial charge in [-0.1, -0.05) is 6.07 Å². The van der Waals surface area contributed by atoms with E-state index in [1.807, 2.05) is 12.1 Å². The van der Waals surface area contributed by atoms with Crippen molar-refractivity contribution < 1.29 is 0 Å². The van der Waals surface area contributed by atoms with Crippen LogP contribution in [0.5, 0.6) is 0 Å². The maximum Gasteiger partial charge on any atom is 0.139 e. The van der Waals surface area contributed by atoms with Crippen molar-refractivity contribution in [2.45, 2.75) is 0 Å². The molecule has 0 fully saturated rings. The molecule has 0 amide bonds. The fourth-order valence-electron chi connectivity index (χ4n) is 0.781. The third-order valence-corrected chi connectivity index (χ3v) is 1.28. The summed E-state index contributed by atoms with van der Waals surface area (Å²) >= 11 is 0. The van der Waals surface area contributed by atoms with Crippen molar-refractivity contribution in [2.75, 3.05) is 0 Å². The Bertz CT molecular complexity index is 313. The lowest BCUT2D eigenvalue weighted by Crippen LogP contribution is -1.92. The van der Waals surface area contributed by atoms with E-state index in [4.69, 9.17) is 0 Å². The molecule has 2 aromatic heterocycles. The number of rotatable bonds is 1. The lowest BCUT2D eigenvalue weighted by molar-refractivity contribution is 0.988. The Labute approximate surface area is 63.5 Å². The zero-order chi connectivity index (χ0) is 7.52. The van der Waals surface area contributed by atoms with Crippen molar-refractivity contribution in [1.82, 2.24) is 19.7 Å². The highest BCUT2D eigenvalue weighted by molar-refractivity contribution is 5.19. The fraction of sp³-hybridized carbons (Fsp3) is 0. The maximum atomic E-state index is 3.98. The lowest BCUT2D eigenvalue weighted by atomic mass is 10.5. The summed E-state index contributed by atoms with van der Waals surface area (Å²) in [6.07, 6.45) is 5.91. The van der Waals surface area contributed by atoms with Crippen molar-refractivity contribution >= 4 is 0 Å². The molecule has 4 heteroatoms. The van der Waals surface area contributed by atoms with E-state index in [0.29, 0.717) is 0 Å². The lowest BCUT2D eigenvalue weighted by Gasteiger charge is -1.95. The summed E-state index contributed by atoms with van der Waals surface area (Å²) in [5.41, 5.74) is 0. The molecule has 11 heavy (non-hydrogen) atoms. The Morgan fingerprint density at radius 2 is 2.09 bits per heavy atom. The van der Waals surface area contributed by atoms with Crippen LogP contribution >= 0.6 is 0 Å². The minimum atomic E-state index is 0.775. The van der Waals surface area contributed by atoms with E-state index in [-0.39, 0.29) is 0 Å². The standard InChI is InChI=1S/C7H5N4/c1-2-4-8-7(3-1)11-5-9-10-6-11/h1-3,5-6H. The molecule has 2 rings (SSSR count). The average Bonchev–Trinajstić information content (AvgIpc) is 2.58. The van der Waals surface area contributed by atoms with Crippen LogP contribution in [0.4, 0.5) is 0 Å². The van der Waals surface area contributed by atoms with Gasteiger partial charge in [-0.05, 0) is 12.1 Å². The molecule has 0 atom stereocenters. The maximum absolute atomic E-state index is 3.98. The molecule has 53 valence electrons. The second-order valence-electron chi connectivity index (χ2n) is 1.99. The van der Waals surface area contributed by atoms with Crippen molar-refractivity contribution in [3.05, 3.63) is 37.1 Å². The zero-order valence-corrected chi connectivity index (χ0v) is 5.68. The third-order valence-electron chi connectivity index (χ3n) is 1.28. The van der Waals surface area contributed by atoms with E-state index in [1.54, 1.807) is 23.3 Å². The molecule has 2 aromatic rings. The summed E-state index contributed by atoms with van der Waals surface area (Å²) in [6, 6.07) is 5.47. The van der Waals surface area contributed by atoms with Crippen LogP contribution in [0.2, 0.25) is 0 Å². The highest BCUT2D eigenvalue weighted by Crippen LogP contribution is 1.98. The van der Waals surface area contributed by atoms with Crippen molar-refractivity contribution in [3.63, 3.8) is 0 Å². The van der Waals surface area contributed by atoms with Gasteiger partial charge in [-0.3, -0.25) is 4.57 Å². The molecule has 1 radical (unpaired) electrons. The Morgan fingerprint density at radius 1 is 1.27 bits per heavy atom. The SMILES string of the molecule is [c]1cccc(-n2cnnc2)n1. The predicted molar refractivity (Wildman–Crippen MR) is 38.0 cm³/mol. The molecule has 0 spiro atoms. The van der Waals surface area contributed by atoms with Crippen molar-refractivity contribution in [3.8, 4) is 5.82 Å². The number of pyridine rings is 1. The van der Waals surface area contributed by atoms with Gasteiger partial charge in [-0.25, -0.2) is 4.98 Å². The molecule has 0 saturated heterocycles. The summed E-state index contributed by atoms with van der Waals surface area (Å²) in [4.78, 5) is 3.98. The minimum absolute atomic E-state index is 0.775. The molecule has 0 aliphatic heterocycles. The Balaban J connectivity index is 2.46. The van der Waals surface area contributed by atoms with E-state index in [2.05, 4.69) is 21.4 Å². The number of nitrogens with zero attached hydrogens (tertiary/aromatic N) is 4. The highest BCUT2D eigenvalue weighted by Gasteiger charge is 1.93. The summed E-state index contributed by atoms with van der Waals surface area (Å²) < 4.78 is 1.72. The fourth-order valence-corrected chi connectivity index (χ4v) is 0.781. The molecule has 0 saturated carbocycles. The summed E-state index contributed by atoms with van der Waals surface area (Å²) in [7, 11) is 0. The normalized spacial score (nSPS) is 9.82. The first-order valence-electron chi connectivity index (χ1n) is 3.15. The van der Waals surface area contributed by atoms with E-state index >= 15 is 0 Å². The van der Waals surface area contributed by atoms with Crippen molar-refractivity contribution in [2.24, 2.45) is 0 Å². The molecule has 0 aliphatic rings. The van der Waals surface area contributed by atoms with Crippen LogP contribution in [0, 0.1) is 6.20 Å². The summed E-state index contributed by atoms with van der Waals surface area (Å²) in [6.45, 7) is 0. The Hall–Kier alpha value is -1.71. The minimum Gasteiger partial charge on any atom is -0.272 e. The van der Waals surface area contributed by atoms with Gasteiger partial charge in [0, 0.05) is 0 Å². The van der Waals surface area contributed by atoms with Crippen LogP contribution < -0.4 is 0 Å². The van der Waals surface area contributed by atoms with Crippen LogP contribution in [0.15, 0.2) is 30.9 Å². The van der Waals surface area contributed by atoms with Gasteiger partial charge in [0.05, 0.1) is 6.20 Å². The first-order chi connectivity index (χ1) is 5.47. The van der Waals surface area contributed by atoms with Crippen LogP contribution in [-0.4, -0.2) is 19.7 Å². The number of hydrogen-bond donors (Lipinski definition) is 0. The Kier molecular flexibility index (Phi) is 1.37. The molecule has 0 aromatic carbocycles. The van der Waals surface area contributed by atoms with Gasteiger partial charge in [-0.15, -0.1) is 10.2 Å². The topological polar surface area (TPSA) is 43.6 Å². The molecule has 2 heterocycles. The molecule has 0 unspecified atom stereocenters. The highest BCUT2D eigenvalue weighted by atomic mass is 15.2. The smallest absolute Gasteiger partial charge is 0.139 e. The van der Waals surface area contributed by atoms with Gasteiger partial charge < -0.3 is 0 Å². The zero-order valence-electron chi connectivity index (χ0n) is 5.68. The third kappa shape index (κ3) is 1.10. The van der Waals surface area contributed by atoms with E-state index in [1.165, 1.54) is 0 Å². The average molecular weight is 145 g/mol. The monoisotopic (exact) mass is 145 g/mol. The number of hydrogen-bond acceptors (Lipinski definition) is 3. The quantitative estimate of drug-likeness (QED) is 0.585. The largest absolute Gasteiger partial charge is 0.272 e. The first kappa shape index (κ1) is 6.03. The van der Waals surface area contributed by atoms with Gasteiger partial charge in [0.1, 0.15) is 18.5 Å². The van der Waals surface area contributed by atoms with E-state index in [9.17, 15) is 0 Å². The van der Waals surface area contributed by atoms with Crippen LogP contribution in [0.25, 0.3) is 5.82 Å². The molecule has 0 N–H and O–H groups in total. The van der Waals surface area contributed by atoms with Crippen LogP contribution in [0.1, 0.15) is 0 Å². The molecular weight excluding hydrogens is 140 g/mol. The molecule has 4 nitrogen and oxygen atoms in total. The predicted octanol–water partition coefficient (Wildman–Crippen LogP) is 0.462. The van der Waals surface area contributed by atoms with Gasteiger partial charge >= 0.3 is 0 Å². The van der Waals surface area contributed by atoms with Crippen LogP contribution in [0.3, 0.4) is 0 Å². The van der Waals surface area contributed by atoms with Gasteiger partial charge in [0.2, 0.25) is 0 Å². The first-order valence-corrected chi connectivity index (χ1v) is 3.15.